The minimum Gasteiger partial charge on any atom is -0.311 e. The van der Waals surface area contributed by atoms with Gasteiger partial charge in [-0.15, -0.1) is 0 Å². The van der Waals surface area contributed by atoms with E-state index in [1.165, 1.54) is 0 Å². The predicted octanol–water partition coefficient (Wildman–Crippen LogP) is 4.22. The van der Waals surface area contributed by atoms with Gasteiger partial charge < -0.3 is 5.32 Å². The van der Waals surface area contributed by atoms with Crippen LogP contribution in [0.15, 0.2) is 30.5 Å². The number of hydrogen-bond acceptors (Lipinski definition) is 2. The molecule has 0 fully saturated rings. The van der Waals surface area contributed by atoms with Crippen LogP contribution in [-0.4, -0.2) is 15.7 Å². The topological polar surface area (TPSA) is 46.9 Å². The molecule has 0 aliphatic carbocycles. The minimum absolute atomic E-state index is 0.0241. The Balaban J connectivity index is 2.13. The number of rotatable bonds is 5. The van der Waals surface area contributed by atoms with Crippen molar-refractivity contribution in [3.05, 3.63) is 46.1 Å². The fourth-order valence-electron chi connectivity index (χ4n) is 1.96. The summed E-state index contributed by atoms with van der Waals surface area (Å²) in [4.78, 5) is 11.8. The van der Waals surface area contributed by atoms with Crippen LogP contribution in [0.3, 0.4) is 0 Å². The number of hydrogen-bond donors (Lipinski definition) is 1. The van der Waals surface area contributed by atoms with Gasteiger partial charge in [0.2, 0.25) is 5.91 Å². The van der Waals surface area contributed by atoms with Gasteiger partial charge in [0.1, 0.15) is 5.82 Å². The van der Waals surface area contributed by atoms with Crippen molar-refractivity contribution < 1.29 is 4.79 Å². The summed E-state index contributed by atoms with van der Waals surface area (Å²) in [5.74, 6) is 0.935. The Morgan fingerprint density at radius 2 is 2.10 bits per heavy atom. The molecule has 0 spiro atoms. The van der Waals surface area contributed by atoms with Crippen LogP contribution in [0.25, 0.3) is 0 Å². The molecule has 0 aliphatic rings. The van der Waals surface area contributed by atoms with E-state index < -0.39 is 0 Å². The van der Waals surface area contributed by atoms with E-state index in [0.717, 1.165) is 5.56 Å². The highest BCUT2D eigenvalue weighted by Gasteiger charge is 2.11. The molecule has 0 atom stereocenters. The second kappa shape index (κ2) is 6.96. The Kier molecular flexibility index (Phi) is 5.26. The molecule has 0 aliphatic heterocycles. The van der Waals surface area contributed by atoms with Gasteiger partial charge in [-0.1, -0.05) is 49.2 Å². The lowest BCUT2D eigenvalue weighted by atomic mass is 10.1. The summed E-state index contributed by atoms with van der Waals surface area (Å²) in [6.45, 7) is 4.45. The van der Waals surface area contributed by atoms with Gasteiger partial charge in [-0.25, -0.2) is 4.68 Å². The quantitative estimate of drug-likeness (QED) is 0.894. The highest BCUT2D eigenvalue weighted by atomic mass is 35.5. The van der Waals surface area contributed by atoms with Crippen molar-refractivity contribution in [1.29, 1.82) is 0 Å². The van der Waals surface area contributed by atoms with E-state index in [9.17, 15) is 4.79 Å². The zero-order chi connectivity index (χ0) is 15.4. The lowest BCUT2D eigenvalue weighted by Crippen LogP contribution is -2.17. The van der Waals surface area contributed by atoms with Crippen molar-refractivity contribution in [1.82, 2.24) is 9.78 Å². The van der Waals surface area contributed by atoms with E-state index in [1.54, 1.807) is 23.0 Å². The van der Waals surface area contributed by atoms with Crippen LogP contribution in [0.1, 0.15) is 25.8 Å². The molecular weight excluding hydrogens is 309 g/mol. The molecule has 0 bridgehead atoms. The van der Waals surface area contributed by atoms with E-state index in [1.807, 2.05) is 26.0 Å². The van der Waals surface area contributed by atoms with Gasteiger partial charge in [-0.2, -0.15) is 5.10 Å². The van der Waals surface area contributed by atoms with Gasteiger partial charge in [-0.05, 0) is 17.5 Å². The van der Waals surface area contributed by atoms with Crippen molar-refractivity contribution in [3.63, 3.8) is 0 Å². The summed E-state index contributed by atoms with van der Waals surface area (Å²) in [6.07, 6.45) is 2.12. The van der Waals surface area contributed by atoms with Crippen LogP contribution < -0.4 is 5.32 Å². The average molecular weight is 326 g/mol. The van der Waals surface area contributed by atoms with Crippen molar-refractivity contribution in [2.75, 3.05) is 5.32 Å². The average Bonchev–Trinajstić information content (AvgIpc) is 2.81. The normalized spacial score (nSPS) is 10.9. The van der Waals surface area contributed by atoms with Crippen LogP contribution in [0.4, 0.5) is 5.82 Å². The highest BCUT2D eigenvalue weighted by Crippen LogP contribution is 2.26. The molecule has 1 aromatic heterocycles. The molecule has 112 valence electrons. The SMILES string of the molecule is CC(C)CC(=O)Nc1ccnn1Cc1cccc(Cl)c1Cl. The second-order valence-electron chi connectivity index (χ2n) is 5.23. The Morgan fingerprint density at radius 3 is 2.81 bits per heavy atom. The van der Waals surface area contributed by atoms with Gasteiger partial charge in [0.25, 0.3) is 0 Å². The lowest BCUT2D eigenvalue weighted by Gasteiger charge is -2.11. The summed E-state index contributed by atoms with van der Waals surface area (Å²) < 4.78 is 1.69. The third kappa shape index (κ3) is 4.22. The number of aromatic nitrogens is 2. The standard InChI is InChI=1S/C15H17Cl2N3O/c1-10(2)8-14(21)19-13-6-7-18-20(13)9-11-4-3-5-12(16)15(11)17/h3-7,10H,8-9H2,1-2H3,(H,19,21). The van der Waals surface area contributed by atoms with E-state index in [0.29, 0.717) is 34.7 Å². The molecular formula is C15H17Cl2N3O. The van der Waals surface area contributed by atoms with Gasteiger partial charge in [0.15, 0.2) is 0 Å². The van der Waals surface area contributed by atoms with Crippen molar-refractivity contribution in [3.8, 4) is 0 Å². The van der Waals surface area contributed by atoms with Gasteiger partial charge in [0, 0.05) is 12.5 Å². The smallest absolute Gasteiger partial charge is 0.225 e. The largest absolute Gasteiger partial charge is 0.311 e. The first-order chi connectivity index (χ1) is 9.97. The number of halogens is 2. The zero-order valence-electron chi connectivity index (χ0n) is 11.9. The van der Waals surface area contributed by atoms with Gasteiger partial charge >= 0.3 is 0 Å². The number of amides is 1. The van der Waals surface area contributed by atoms with E-state index in [4.69, 9.17) is 23.2 Å². The fraction of sp³-hybridized carbons (Fsp3) is 0.333. The molecule has 21 heavy (non-hydrogen) atoms. The van der Waals surface area contributed by atoms with Crippen molar-refractivity contribution in [2.45, 2.75) is 26.8 Å². The van der Waals surface area contributed by atoms with E-state index >= 15 is 0 Å². The van der Waals surface area contributed by atoms with Crippen LogP contribution >= 0.6 is 23.2 Å². The summed E-state index contributed by atoms with van der Waals surface area (Å²) in [5.41, 5.74) is 0.854. The summed E-state index contributed by atoms with van der Waals surface area (Å²) >= 11 is 12.2. The van der Waals surface area contributed by atoms with Crippen LogP contribution in [0.2, 0.25) is 10.0 Å². The Labute approximate surface area is 134 Å². The number of carbonyl (C=O) groups is 1. The summed E-state index contributed by atoms with van der Waals surface area (Å²) in [5, 5.41) is 8.09. The molecule has 0 unspecified atom stereocenters. The van der Waals surface area contributed by atoms with Crippen LogP contribution in [-0.2, 0) is 11.3 Å². The van der Waals surface area contributed by atoms with E-state index in [-0.39, 0.29) is 5.91 Å². The monoisotopic (exact) mass is 325 g/mol. The van der Waals surface area contributed by atoms with Gasteiger partial charge in [-0.3, -0.25) is 4.79 Å². The molecule has 4 nitrogen and oxygen atoms in total. The molecule has 1 aromatic carbocycles. The van der Waals surface area contributed by atoms with Crippen LogP contribution in [0.5, 0.6) is 0 Å². The highest BCUT2D eigenvalue weighted by molar-refractivity contribution is 6.42. The van der Waals surface area contributed by atoms with Crippen LogP contribution in [0, 0.1) is 5.92 Å². The van der Waals surface area contributed by atoms with Gasteiger partial charge in [0.05, 0.1) is 22.8 Å². The molecule has 1 heterocycles. The molecule has 0 radical (unpaired) electrons. The number of benzene rings is 1. The third-order valence-electron chi connectivity index (χ3n) is 2.93. The zero-order valence-corrected chi connectivity index (χ0v) is 13.4. The molecule has 2 rings (SSSR count). The first-order valence-electron chi connectivity index (χ1n) is 6.72. The second-order valence-corrected chi connectivity index (χ2v) is 6.02. The maximum absolute atomic E-state index is 11.8. The van der Waals surface area contributed by atoms with Crippen molar-refractivity contribution in [2.24, 2.45) is 5.92 Å². The molecule has 0 saturated carbocycles. The predicted molar refractivity (Wildman–Crippen MR) is 85.9 cm³/mol. The molecule has 6 heteroatoms. The molecule has 0 saturated heterocycles. The maximum atomic E-state index is 11.8. The number of nitrogens with one attached hydrogen (secondary N) is 1. The Morgan fingerprint density at radius 1 is 1.33 bits per heavy atom. The summed E-state index contributed by atoms with van der Waals surface area (Å²) in [6, 6.07) is 7.22. The fourth-order valence-corrected chi connectivity index (χ4v) is 2.34. The minimum atomic E-state index is -0.0241. The van der Waals surface area contributed by atoms with E-state index in [2.05, 4.69) is 10.4 Å². The maximum Gasteiger partial charge on any atom is 0.225 e. The number of anilines is 1. The molecule has 2 aromatic rings. The summed E-state index contributed by atoms with van der Waals surface area (Å²) in [7, 11) is 0. The number of nitrogens with zero attached hydrogens (tertiary/aromatic N) is 2. The third-order valence-corrected chi connectivity index (χ3v) is 3.79. The first kappa shape index (κ1) is 15.9. The Hall–Kier alpha value is -1.52. The first-order valence-corrected chi connectivity index (χ1v) is 7.47. The van der Waals surface area contributed by atoms with Crippen molar-refractivity contribution >= 4 is 34.9 Å². The molecule has 1 N–H and O–H groups in total. The Bertz CT molecular complexity index is 638. The lowest BCUT2D eigenvalue weighted by molar-refractivity contribution is -0.116. The molecule has 1 amide bonds. The number of carbonyl (C=O) groups excluding carboxylic acids is 1.